The molecule has 24 heavy (non-hydrogen) atoms. The summed E-state index contributed by atoms with van der Waals surface area (Å²) in [6.07, 6.45) is -6.90. The molecule has 0 radical (unpaired) electrons. The molecule has 0 aromatic heterocycles. The lowest BCUT2D eigenvalue weighted by atomic mass is 10.1. The number of carbonyl (C=O) groups excluding carboxylic acids is 1. The van der Waals surface area contributed by atoms with Crippen LogP contribution in [0.25, 0.3) is 0 Å². The van der Waals surface area contributed by atoms with Crippen LogP contribution in [0.15, 0.2) is 18.2 Å². The third-order valence-electron chi connectivity index (χ3n) is 3.84. The predicted molar refractivity (Wildman–Crippen MR) is 74.5 cm³/mol. The van der Waals surface area contributed by atoms with E-state index in [-0.39, 0.29) is 12.6 Å². The van der Waals surface area contributed by atoms with Gasteiger partial charge in [-0.1, -0.05) is 0 Å². The van der Waals surface area contributed by atoms with Crippen LogP contribution in [0.4, 0.5) is 32.0 Å². The number of likely N-dealkylation sites (tertiary alicyclic amines) is 1. The fraction of sp³-hybridized carbons (Fsp3) is 0.533. The molecular formula is C15H17F6N2O+. The van der Waals surface area contributed by atoms with Crippen molar-refractivity contribution in [2.75, 3.05) is 25.0 Å². The maximum atomic E-state index is 12.8. The predicted octanol–water partition coefficient (Wildman–Crippen LogP) is 2.73. The van der Waals surface area contributed by atoms with Crippen molar-refractivity contribution in [1.29, 1.82) is 0 Å². The van der Waals surface area contributed by atoms with Gasteiger partial charge in [0.1, 0.15) is 0 Å². The van der Waals surface area contributed by atoms with Crippen molar-refractivity contribution >= 4 is 11.6 Å². The van der Waals surface area contributed by atoms with Gasteiger partial charge >= 0.3 is 12.4 Å². The van der Waals surface area contributed by atoms with Gasteiger partial charge < -0.3 is 10.2 Å². The van der Waals surface area contributed by atoms with Crippen molar-refractivity contribution in [2.24, 2.45) is 0 Å². The van der Waals surface area contributed by atoms with Crippen LogP contribution < -0.4 is 10.2 Å². The molecule has 0 aliphatic carbocycles. The zero-order valence-electron chi connectivity index (χ0n) is 12.7. The second kappa shape index (κ2) is 7.00. The Labute approximate surface area is 134 Å². The first kappa shape index (κ1) is 18.6. The fourth-order valence-electron chi connectivity index (χ4n) is 2.69. The second-order valence-corrected chi connectivity index (χ2v) is 5.83. The lowest BCUT2D eigenvalue weighted by molar-refractivity contribution is -0.896. The number of hydrogen-bond acceptors (Lipinski definition) is 1. The molecule has 0 atom stereocenters. The molecule has 1 aromatic rings. The minimum absolute atomic E-state index is 0.0254. The Bertz CT molecular complexity index is 558. The Hall–Kier alpha value is -1.77. The third kappa shape index (κ3) is 5.12. The summed E-state index contributed by atoms with van der Waals surface area (Å²) in [5, 5.41) is 2.15. The molecule has 9 heteroatoms. The molecule has 0 spiro atoms. The Morgan fingerprint density at radius 1 is 0.917 bits per heavy atom. The molecular weight excluding hydrogens is 338 g/mol. The third-order valence-corrected chi connectivity index (χ3v) is 3.84. The first-order chi connectivity index (χ1) is 11.1. The van der Waals surface area contributed by atoms with Gasteiger partial charge in [0.15, 0.2) is 6.54 Å². The highest BCUT2D eigenvalue weighted by molar-refractivity contribution is 5.91. The van der Waals surface area contributed by atoms with Crippen molar-refractivity contribution in [3.8, 4) is 0 Å². The molecule has 2 N–H and O–H groups in total. The van der Waals surface area contributed by atoms with E-state index in [0.29, 0.717) is 12.1 Å². The lowest BCUT2D eigenvalue weighted by Crippen LogP contribution is -3.13. The number of benzene rings is 1. The van der Waals surface area contributed by atoms with E-state index < -0.39 is 35.1 Å². The number of alkyl halides is 6. The van der Waals surface area contributed by atoms with Crippen LogP contribution in [-0.2, 0) is 17.1 Å². The molecule has 1 saturated heterocycles. The molecule has 1 heterocycles. The Morgan fingerprint density at radius 3 is 1.88 bits per heavy atom. The molecule has 1 amide bonds. The number of amides is 1. The van der Waals surface area contributed by atoms with E-state index in [2.05, 4.69) is 5.32 Å². The van der Waals surface area contributed by atoms with Gasteiger partial charge in [-0.15, -0.1) is 0 Å². The van der Waals surface area contributed by atoms with Gasteiger partial charge in [0.05, 0.1) is 24.2 Å². The number of piperidine rings is 1. The lowest BCUT2D eigenvalue weighted by Gasteiger charge is -2.23. The molecule has 1 aromatic carbocycles. The molecule has 1 fully saturated rings. The summed E-state index contributed by atoms with van der Waals surface area (Å²) in [4.78, 5) is 12.9. The highest BCUT2D eigenvalue weighted by Gasteiger charge is 2.37. The normalized spacial score (nSPS) is 16.9. The van der Waals surface area contributed by atoms with E-state index in [1.54, 1.807) is 0 Å². The first-order valence-electron chi connectivity index (χ1n) is 7.48. The monoisotopic (exact) mass is 355 g/mol. The minimum Gasteiger partial charge on any atom is -0.327 e. The van der Waals surface area contributed by atoms with E-state index >= 15 is 0 Å². The standard InChI is InChI=1S/C15H16F6N2O/c16-14(17,18)10-6-11(15(19,20)21)8-12(7-10)22-13(24)9-23-4-2-1-3-5-23/h6-8H,1-5,9H2,(H,22,24)/p+1. The van der Waals surface area contributed by atoms with Crippen molar-refractivity contribution in [3.63, 3.8) is 0 Å². The maximum Gasteiger partial charge on any atom is 0.416 e. The molecule has 1 aliphatic rings. The van der Waals surface area contributed by atoms with Crippen LogP contribution in [0.1, 0.15) is 30.4 Å². The van der Waals surface area contributed by atoms with Crippen molar-refractivity contribution in [2.45, 2.75) is 31.6 Å². The van der Waals surface area contributed by atoms with Gasteiger partial charge in [-0.2, -0.15) is 26.3 Å². The van der Waals surface area contributed by atoms with Gasteiger partial charge in [-0.25, -0.2) is 0 Å². The highest BCUT2D eigenvalue weighted by atomic mass is 19.4. The van der Waals surface area contributed by atoms with Crippen LogP contribution in [0.5, 0.6) is 0 Å². The van der Waals surface area contributed by atoms with Gasteiger partial charge in [0.25, 0.3) is 5.91 Å². The quantitative estimate of drug-likeness (QED) is 0.804. The Morgan fingerprint density at radius 2 is 1.42 bits per heavy atom. The summed E-state index contributed by atoms with van der Waals surface area (Å²) in [5.41, 5.74) is -3.39. The number of quaternary nitrogens is 1. The van der Waals surface area contributed by atoms with Gasteiger partial charge in [0.2, 0.25) is 0 Å². The number of nitrogens with one attached hydrogen (secondary N) is 2. The summed E-state index contributed by atoms with van der Waals surface area (Å²) >= 11 is 0. The topological polar surface area (TPSA) is 33.5 Å². The molecule has 3 nitrogen and oxygen atoms in total. The molecule has 0 bridgehead atoms. The SMILES string of the molecule is O=C(C[NH+]1CCCCC1)Nc1cc(C(F)(F)F)cc(C(F)(F)F)c1. The van der Waals surface area contributed by atoms with Crippen molar-refractivity contribution in [3.05, 3.63) is 29.3 Å². The zero-order valence-corrected chi connectivity index (χ0v) is 12.7. The van der Waals surface area contributed by atoms with Gasteiger partial charge in [-0.3, -0.25) is 4.79 Å². The summed E-state index contributed by atoms with van der Waals surface area (Å²) in [6, 6.07) is 1.06. The van der Waals surface area contributed by atoms with E-state index in [1.807, 2.05) is 0 Å². The van der Waals surface area contributed by atoms with Crippen LogP contribution in [-0.4, -0.2) is 25.5 Å². The van der Waals surface area contributed by atoms with Crippen LogP contribution in [0, 0.1) is 0 Å². The van der Waals surface area contributed by atoms with Crippen LogP contribution in [0.3, 0.4) is 0 Å². The van der Waals surface area contributed by atoms with Crippen LogP contribution >= 0.6 is 0 Å². The molecule has 0 unspecified atom stereocenters. The number of hydrogen-bond donors (Lipinski definition) is 2. The Kier molecular flexibility index (Phi) is 5.42. The van der Waals surface area contributed by atoms with Crippen molar-refractivity contribution < 1.29 is 36.0 Å². The molecule has 134 valence electrons. The van der Waals surface area contributed by atoms with Gasteiger partial charge in [-0.05, 0) is 37.5 Å². The Balaban J connectivity index is 2.17. The number of halogens is 6. The number of anilines is 1. The average Bonchev–Trinajstić information content (AvgIpc) is 2.46. The zero-order chi connectivity index (χ0) is 18.0. The average molecular weight is 355 g/mol. The highest BCUT2D eigenvalue weighted by Crippen LogP contribution is 2.37. The van der Waals surface area contributed by atoms with E-state index in [0.717, 1.165) is 37.3 Å². The molecule has 1 aliphatic heterocycles. The molecule has 0 saturated carbocycles. The fourth-order valence-corrected chi connectivity index (χ4v) is 2.69. The number of carbonyl (C=O) groups is 1. The number of rotatable bonds is 3. The second-order valence-electron chi connectivity index (χ2n) is 5.83. The van der Waals surface area contributed by atoms with Crippen LogP contribution in [0.2, 0.25) is 0 Å². The minimum atomic E-state index is -4.93. The van der Waals surface area contributed by atoms with Gasteiger partial charge in [0, 0.05) is 5.69 Å². The van der Waals surface area contributed by atoms with E-state index in [9.17, 15) is 31.1 Å². The van der Waals surface area contributed by atoms with E-state index in [1.165, 1.54) is 0 Å². The smallest absolute Gasteiger partial charge is 0.327 e. The largest absolute Gasteiger partial charge is 0.416 e. The first-order valence-corrected chi connectivity index (χ1v) is 7.48. The maximum absolute atomic E-state index is 12.8. The van der Waals surface area contributed by atoms with E-state index in [4.69, 9.17) is 0 Å². The van der Waals surface area contributed by atoms with Crippen molar-refractivity contribution in [1.82, 2.24) is 0 Å². The summed E-state index contributed by atoms with van der Waals surface area (Å²) in [6.45, 7) is 1.56. The summed E-state index contributed by atoms with van der Waals surface area (Å²) in [5.74, 6) is -0.598. The summed E-state index contributed by atoms with van der Waals surface area (Å²) < 4.78 is 76.6. The summed E-state index contributed by atoms with van der Waals surface area (Å²) in [7, 11) is 0. The molecule has 2 rings (SSSR count).